The zero-order valence-corrected chi connectivity index (χ0v) is 7.92. The number of halogens is 3. The molecule has 1 unspecified atom stereocenters. The van der Waals surface area contributed by atoms with E-state index in [0.717, 1.165) is 0 Å². The lowest BCUT2D eigenvalue weighted by molar-refractivity contribution is 0.0627. The van der Waals surface area contributed by atoms with E-state index >= 15 is 0 Å². The summed E-state index contributed by atoms with van der Waals surface area (Å²) in [4.78, 5) is 0. The van der Waals surface area contributed by atoms with E-state index in [1.54, 1.807) is 5.38 Å². The third-order valence-electron chi connectivity index (χ3n) is 1.64. The van der Waals surface area contributed by atoms with Gasteiger partial charge in [-0.15, -0.1) is 11.3 Å². The summed E-state index contributed by atoms with van der Waals surface area (Å²) in [6.45, 7) is 1.29. The van der Waals surface area contributed by atoms with Crippen molar-refractivity contribution in [1.29, 1.82) is 0 Å². The van der Waals surface area contributed by atoms with Crippen LogP contribution in [0.3, 0.4) is 0 Å². The lowest BCUT2D eigenvalue weighted by Crippen LogP contribution is -2.40. The summed E-state index contributed by atoms with van der Waals surface area (Å²) in [7, 11) is 0. The Kier molecular flexibility index (Phi) is 2.70. The average Bonchev–Trinajstić information content (AvgIpc) is 2.35. The molecule has 0 amide bonds. The number of alkyl halides is 2. The molecule has 1 nitrogen and oxygen atoms in total. The second kappa shape index (κ2) is 3.28. The number of rotatable bonds is 2. The van der Waals surface area contributed by atoms with E-state index in [2.05, 4.69) is 0 Å². The van der Waals surface area contributed by atoms with Gasteiger partial charge in [-0.25, -0.2) is 8.78 Å². The Morgan fingerprint density at radius 1 is 1.67 bits per heavy atom. The van der Waals surface area contributed by atoms with Crippen molar-refractivity contribution in [2.24, 2.45) is 5.73 Å². The second-order valence-corrected chi connectivity index (χ2v) is 4.27. The predicted molar refractivity (Wildman–Crippen MR) is 46.9 cm³/mol. The van der Waals surface area contributed by atoms with Crippen LogP contribution in [0.2, 0.25) is 4.34 Å². The van der Waals surface area contributed by atoms with Crippen molar-refractivity contribution in [3.05, 3.63) is 21.3 Å². The highest BCUT2D eigenvalue weighted by Crippen LogP contribution is 2.30. The second-order valence-electron chi connectivity index (χ2n) is 2.72. The molecule has 1 rings (SSSR count). The summed E-state index contributed by atoms with van der Waals surface area (Å²) in [6.07, 6.45) is -2.58. The average molecular weight is 212 g/mol. The van der Waals surface area contributed by atoms with E-state index in [0.29, 0.717) is 9.90 Å². The molecule has 0 aromatic carbocycles. The van der Waals surface area contributed by atoms with Gasteiger partial charge < -0.3 is 5.73 Å². The molecule has 12 heavy (non-hydrogen) atoms. The Balaban J connectivity index is 2.97. The van der Waals surface area contributed by atoms with Crippen LogP contribution in [0.4, 0.5) is 8.78 Å². The largest absolute Gasteiger partial charge is 0.317 e. The first-order valence-electron chi connectivity index (χ1n) is 3.26. The highest BCUT2D eigenvalue weighted by molar-refractivity contribution is 7.14. The fourth-order valence-corrected chi connectivity index (χ4v) is 1.73. The lowest BCUT2D eigenvalue weighted by Gasteiger charge is -2.21. The minimum absolute atomic E-state index is 0.382. The van der Waals surface area contributed by atoms with E-state index in [-0.39, 0.29) is 0 Å². The van der Waals surface area contributed by atoms with E-state index in [4.69, 9.17) is 17.3 Å². The highest BCUT2D eigenvalue weighted by atomic mass is 35.5. The maximum Gasteiger partial charge on any atom is 0.260 e. The summed E-state index contributed by atoms with van der Waals surface area (Å²) >= 11 is 6.79. The Labute approximate surface area is 78.1 Å². The van der Waals surface area contributed by atoms with Gasteiger partial charge in [-0.3, -0.25) is 0 Å². The van der Waals surface area contributed by atoms with Gasteiger partial charge >= 0.3 is 0 Å². The Morgan fingerprint density at radius 2 is 2.25 bits per heavy atom. The van der Waals surface area contributed by atoms with Crippen LogP contribution in [0, 0.1) is 0 Å². The number of hydrogen-bond donors (Lipinski definition) is 1. The van der Waals surface area contributed by atoms with Crippen LogP contribution in [0.25, 0.3) is 0 Å². The minimum Gasteiger partial charge on any atom is -0.317 e. The third kappa shape index (κ3) is 1.76. The molecule has 0 aliphatic carbocycles. The number of thiophene rings is 1. The molecule has 0 spiro atoms. The molecule has 1 aromatic heterocycles. The normalized spacial score (nSPS) is 16.5. The predicted octanol–water partition coefficient (Wildman–Crippen LogP) is 2.84. The zero-order valence-electron chi connectivity index (χ0n) is 6.35. The van der Waals surface area contributed by atoms with E-state index in [9.17, 15) is 8.78 Å². The minimum atomic E-state index is -2.58. The quantitative estimate of drug-likeness (QED) is 0.800. The molecule has 1 heterocycles. The van der Waals surface area contributed by atoms with Gasteiger partial charge in [-0.2, -0.15) is 0 Å². The molecule has 0 fully saturated rings. The van der Waals surface area contributed by atoms with Crippen molar-refractivity contribution < 1.29 is 8.78 Å². The van der Waals surface area contributed by atoms with E-state index in [1.165, 1.54) is 24.3 Å². The molecule has 68 valence electrons. The monoisotopic (exact) mass is 211 g/mol. The maximum atomic E-state index is 12.3. The summed E-state index contributed by atoms with van der Waals surface area (Å²) < 4.78 is 25.2. The molecule has 5 heteroatoms. The summed E-state index contributed by atoms with van der Waals surface area (Å²) in [5.41, 5.74) is 4.18. The van der Waals surface area contributed by atoms with Gasteiger partial charge in [0.2, 0.25) is 0 Å². The smallest absolute Gasteiger partial charge is 0.260 e. The molecule has 0 bridgehead atoms. The van der Waals surface area contributed by atoms with Gasteiger partial charge in [0.25, 0.3) is 6.43 Å². The van der Waals surface area contributed by atoms with Crippen LogP contribution in [0.15, 0.2) is 11.4 Å². The van der Waals surface area contributed by atoms with E-state index in [1.807, 2.05) is 0 Å². The molecule has 0 radical (unpaired) electrons. The highest BCUT2D eigenvalue weighted by Gasteiger charge is 2.32. The van der Waals surface area contributed by atoms with Crippen molar-refractivity contribution in [3.8, 4) is 0 Å². The van der Waals surface area contributed by atoms with Crippen LogP contribution in [0.5, 0.6) is 0 Å². The Morgan fingerprint density at radius 3 is 2.58 bits per heavy atom. The molecule has 0 saturated carbocycles. The van der Waals surface area contributed by atoms with Crippen molar-refractivity contribution in [1.82, 2.24) is 0 Å². The molecule has 0 saturated heterocycles. The Bertz CT molecular complexity index is 272. The molecule has 0 aliphatic rings. The lowest BCUT2D eigenvalue weighted by atomic mass is 9.97. The molecule has 2 N–H and O–H groups in total. The zero-order chi connectivity index (χ0) is 9.35. The number of nitrogens with two attached hydrogens (primary N) is 1. The molecular formula is C7H8ClF2NS. The first-order chi connectivity index (χ1) is 5.44. The molecule has 1 aromatic rings. The molecule has 1 atom stereocenters. The summed E-state index contributed by atoms with van der Waals surface area (Å²) in [5, 5.41) is 1.55. The fourth-order valence-electron chi connectivity index (χ4n) is 0.719. The van der Waals surface area contributed by atoms with Crippen molar-refractivity contribution in [2.75, 3.05) is 0 Å². The van der Waals surface area contributed by atoms with Crippen LogP contribution in [-0.2, 0) is 5.54 Å². The molecular weight excluding hydrogens is 204 g/mol. The standard InChI is InChI=1S/C7H8ClF2NS/c1-7(11,6(9)10)4-2-5(8)12-3-4/h2-3,6H,11H2,1H3. The van der Waals surface area contributed by atoms with Gasteiger partial charge in [0, 0.05) is 0 Å². The first-order valence-corrected chi connectivity index (χ1v) is 4.52. The number of hydrogen-bond acceptors (Lipinski definition) is 2. The van der Waals surface area contributed by atoms with Gasteiger partial charge in [0.1, 0.15) is 5.54 Å². The topological polar surface area (TPSA) is 26.0 Å². The van der Waals surface area contributed by atoms with Gasteiger partial charge in [0.15, 0.2) is 0 Å². The summed E-state index contributed by atoms with van der Waals surface area (Å²) in [6, 6.07) is 1.47. The van der Waals surface area contributed by atoms with Crippen LogP contribution in [0.1, 0.15) is 12.5 Å². The van der Waals surface area contributed by atoms with Crippen LogP contribution < -0.4 is 5.73 Å². The third-order valence-corrected chi connectivity index (χ3v) is 2.73. The van der Waals surface area contributed by atoms with Crippen molar-refractivity contribution >= 4 is 22.9 Å². The van der Waals surface area contributed by atoms with E-state index < -0.39 is 12.0 Å². The first kappa shape index (κ1) is 9.89. The molecule has 0 aliphatic heterocycles. The SMILES string of the molecule is CC(N)(c1csc(Cl)c1)C(F)F. The Hall–Kier alpha value is -0.190. The van der Waals surface area contributed by atoms with Gasteiger partial charge in [-0.1, -0.05) is 11.6 Å². The van der Waals surface area contributed by atoms with Gasteiger partial charge in [0.05, 0.1) is 4.34 Å². The van der Waals surface area contributed by atoms with Crippen molar-refractivity contribution in [2.45, 2.75) is 18.9 Å². The van der Waals surface area contributed by atoms with Crippen LogP contribution in [-0.4, -0.2) is 6.43 Å². The summed E-state index contributed by atoms with van der Waals surface area (Å²) in [5.74, 6) is 0. The maximum absolute atomic E-state index is 12.3. The fraction of sp³-hybridized carbons (Fsp3) is 0.429. The van der Waals surface area contributed by atoms with Crippen molar-refractivity contribution in [3.63, 3.8) is 0 Å². The van der Waals surface area contributed by atoms with Crippen LogP contribution >= 0.6 is 22.9 Å². The van der Waals surface area contributed by atoms with Gasteiger partial charge in [-0.05, 0) is 23.9 Å².